The van der Waals surface area contributed by atoms with Crippen LogP contribution in [-0.4, -0.2) is 59.1 Å². The summed E-state index contributed by atoms with van der Waals surface area (Å²) in [5.74, 6) is 1.78. The maximum Gasteiger partial charge on any atom is 0.171 e. The Kier molecular flexibility index (Phi) is 6.71. The van der Waals surface area contributed by atoms with E-state index in [0.717, 1.165) is 34.4 Å². The third-order valence-electron chi connectivity index (χ3n) is 5.32. The topological polar surface area (TPSA) is 40.6 Å². The largest absolute Gasteiger partial charge is 0.366 e. The lowest BCUT2D eigenvalue weighted by atomic mass is 9.83. The van der Waals surface area contributed by atoms with Crippen LogP contribution in [0.15, 0.2) is 22.2 Å². The molecule has 0 bridgehead atoms. The summed E-state index contributed by atoms with van der Waals surface area (Å²) in [6.07, 6.45) is 5.45. The first-order valence-electron chi connectivity index (χ1n) is 8.95. The van der Waals surface area contributed by atoms with Crippen molar-refractivity contribution in [2.45, 2.75) is 52.6 Å². The van der Waals surface area contributed by atoms with E-state index >= 15 is 0 Å². The van der Waals surface area contributed by atoms with Gasteiger partial charge in [0, 0.05) is 49.8 Å². The van der Waals surface area contributed by atoms with Crippen LogP contribution in [0.4, 0.5) is 0 Å². The molecule has 2 saturated heterocycles. The number of hydrogen-bond acceptors (Lipinski definition) is 6. The number of ketones is 2. The number of allylic oxidation sites excluding steroid dienone is 2. The van der Waals surface area contributed by atoms with Crippen molar-refractivity contribution in [1.82, 2.24) is 9.80 Å². The Labute approximate surface area is 160 Å². The molecule has 0 radical (unpaired) electrons. The highest BCUT2D eigenvalue weighted by atomic mass is 32.2. The molecule has 0 aliphatic carbocycles. The standard InChI is InChI=1S/C19H30N2O2S2/c1-7-13-11-24-17(20(13)5)9-15(22)19(3,4)16(23)10-18-21(6)14(8-2)12-25-18/h9-10,13-14H,7-8,11-12H2,1-6H3/b17-9-,18-10+. The molecule has 0 spiro atoms. The molecule has 2 heterocycles. The number of nitrogens with zero attached hydrogens (tertiary/aromatic N) is 2. The first-order chi connectivity index (χ1) is 11.7. The lowest BCUT2D eigenvalue weighted by Crippen LogP contribution is -2.33. The van der Waals surface area contributed by atoms with Gasteiger partial charge in [0.1, 0.15) is 0 Å². The van der Waals surface area contributed by atoms with Gasteiger partial charge < -0.3 is 9.80 Å². The average molecular weight is 383 g/mol. The summed E-state index contributed by atoms with van der Waals surface area (Å²) in [6, 6.07) is 0.944. The molecule has 2 aliphatic rings. The van der Waals surface area contributed by atoms with Gasteiger partial charge in [-0.1, -0.05) is 13.8 Å². The second-order valence-electron chi connectivity index (χ2n) is 7.29. The quantitative estimate of drug-likeness (QED) is 0.515. The Morgan fingerprint density at radius 2 is 1.32 bits per heavy atom. The molecular weight excluding hydrogens is 352 g/mol. The number of rotatable bonds is 6. The molecule has 0 N–H and O–H groups in total. The molecule has 0 aromatic rings. The van der Waals surface area contributed by atoms with Gasteiger partial charge in [0.15, 0.2) is 11.6 Å². The van der Waals surface area contributed by atoms with Gasteiger partial charge >= 0.3 is 0 Å². The number of hydrogen-bond donors (Lipinski definition) is 0. The Hall–Kier alpha value is -0.880. The van der Waals surface area contributed by atoms with Crippen LogP contribution in [0, 0.1) is 5.41 Å². The fraction of sp³-hybridized carbons (Fsp3) is 0.684. The summed E-state index contributed by atoms with van der Waals surface area (Å²) >= 11 is 3.41. The van der Waals surface area contributed by atoms with E-state index in [1.54, 1.807) is 49.5 Å². The van der Waals surface area contributed by atoms with E-state index in [9.17, 15) is 9.59 Å². The molecule has 0 aromatic carbocycles. The summed E-state index contributed by atoms with van der Waals surface area (Å²) in [7, 11) is 4.05. The molecular formula is C19H30N2O2S2. The van der Waals surface area contributed by atoms with Gasteiger partial charge in [-0.2, -0.15) is 0 Å². The van der Waals surface area contributed by atoms with Gasteiger partial charge in [-0.3, -0.25) is 9.59 Å². The van der Waals surface area contributed by atoms with Crippen LogP contribution < -0.4 is 0 Å². The average Bonchev–Trinajstić information content (AvgIpc) is 3.10. The van der Waals surface area contributed by atoms with E-state index in [2.05, 4.69) is 23.6 Å². The Balaban J connectivity index is 2.12. The predicted octanol–water partition coefficient (Wildman–Crippen LogP) is 3.75. The van der Waals surface area contributed by atoms with Gasteiger partial charge in [-0.05, 0) is 26.7 Å². The fourth-order valence-corrected chi connectivity index (χ4v) is 5.66. The lowest BCUT2D eigenvalue weighted by Gasteiger charge is -2.23. The Morgan fingerprint density at radius 1 is 0.960 bits per heavy atom. The molecule has 6 heteroatoms. The number of carbonyl (C=O) groups is 2. The van der Waals surface area contributed by atoms with Crippen LogP contribution >= 0.6 is 23.5 Å². The van der Waals surface area contributed by atoms with E-state index in [1.165, 1.54) is 0 Å². The molecule has 0 amide bonds. The van der Waals surface area contributed by atoms with E-state index in [4.69, 9.17) is 0 Å². The zero-order valence-corrected chi connectivity index (χ0v) is 17.8. The SMILES string of the molecule is CCC1CS/C(=C\C(=O)C(C)(C)C(=O)/C=C2/SCC(CC)N2C)N1C. The van der Waals surface area contributed by atoms with E-state index in [0.29, 0.717) is 12.1 Å². The van der Waals surface area contributed by atoms with Crippen molar-refractivity contribution >= 4 is 35.1 Å². The minimum absolute atomic E-state index is 0.113. The van der Waals surface area contributed by atoms with Gasteiger partial charge in [-0.25, -0.2) is 0 Å². The van der Waals surface area contributed by atoms with Crippen molar-refractivity contribution < 1.29 is 9.59 Å². The molecule has 4 nitrogen and oxygen atoms in total. The lowest BCUT2D eigenvalue weighted by molar-refractivity contribution is -0.133. The van der Waals surface area contributed by atoms with Crippen molar-refractivity contribution in [2.75, 3.05) is 25.6 Å². The highest BCUT2D eigenvalue weighted by Crippen LogP contribution is 2.35. The second-order valence-corrected chi connectivity index (χ2v) is 9.37. The van der Waals surface area contributed by atoms with Crippen LogP contribution in [0.25, 0.3) is 0 Å². The minimum Gasteiger partial charge on any atom is -0.366 e. The molecule has 2 rings (SSSR count). The Bertz CT molecular complexity index is 548. The zero-order chi connectivity index (χ0) is 18.8. The third-order valence-corrected chi connectivity index (χ3v) is 7.83. The highest BCUT2D eigenvalue weighted by Gasteiger charge is 2.36. The van der Waals surface area contributed by atoms with E-state index in [1.807, 2.05) is 14.1 Å². The second kappa shape index (κ2) is 8.21. The smallest absolute Gasteiger partial charge is 0.171 e. The fourth-order valence-electron chi connectivity index (χ4n) is 2.93. The maximum atomic E-state index is 12.8. The van der Waals surface area contributed by atoms with Crippen molar-refractivity contribution in [3.05, 3.63) is 22.2 Å². The van der Waals surface area contributed by atoms with Gasteiger partial charge in [0.25, 0.3) is 0 Å². The summed E-state index contributed by atoms with van der Waals surface area (Å²) in [5.41, 5.74) is -1.03. The van der Waals surface area contributed by atoms with E-state index in [-0.39, 0.29) is 11.6 Å². The van der Waals surface area contributed by atoms with Gasteiger partial charge in [0.2, 0.25) is 0 Å². The normalized spacial score (nSPS) is 27.6. The minimum atomic E-state index is -1.03. The monoisotopic (exact) mass is 382 g/mol. The zero-order valence-electron chi connectivity index (χ0n) is 16.2. The van der Waals surface area contributed by atoms with Gasteiger partial charge in [0.05, 0.1) is 15.5 Å². The number of thioether (sulfide) groups is 2. The summed E-state index contributed by atoms with van der Waals surface area (Å²) in [5, 5.41) is 1.95. The van der Waals surface area contributed by atoms with Crippen molar-refractivity contribution in [3.8, 4) is 0 Å². The molecule has 0 aromatic heterocycles. The van der Waals surface area contributed by atoms with Crippen LogP contribution in [0.2, 0.25) is 0 Å². The molecule has 0 saturated carbocycles. The maximum absolute atomic E-state index is 12.8. The third kappa shape index (κ3) is 4.27. The summed E-state index contributed by atoms with van der Waals surface area (Å²) in [6.45, 7) is 7.79. The summed E-state index contributed by atoms with van der Waals surface area (Å²) in [4.78, 5) is 29.9. The van der Waals surface area contributed by atoms with Crippen LogP contribution in [0.1, 0.15) is 40.5 Å². The number of carbonyl (C=O) groups excluding carboxylic acids is 2. The Morgan fingerprint density at radius 3 is 1.60 bits per heavy atom. The molecule has 2 aliphatic heterocycles. The first-order valence-corrected chi connectivity index (χ1v) is 10.9. The molecule has 25 heavy (non-hydrogen) atoms. The predicted molar refractivity (Wildman–Crippen MR) is 109 cm³/mol. The van der Waals surface area contributed by atoms with Gasteiger partial charge in [-0.15, -0.1) is 23.5 Å². The molecule has 2 fully saturated rings. The van der Waals surface area contributed by atoms with E-state index < -0.39 is 5.41 Å². The van der Waals surface area contributed by atoms with Crippen LogP contribution in [0.3, 0.4) is 0 Å². The first kappa shape index (κ1) is 20.4. The summed E-state index contributed by atoms with van der Waals surface area (Å²) < 4.78 is 0. The highest BCUT2D eigenvalue weighted by molar-refractivity contribution is 8.03. The van der Waals surface area contributed by atoms with Crippen molar-refractivity contribution in [2.24, 2.45) is 5.41 Å². The van der Waals surface area contributed by atoms with Crippen LogP contribution in [0.5, 0.6) is 0 Å². The van der Waals surface area contributed by atoms with Crippen LogP contribution in [-0.2, 0) is 9.59 Å². The van der Waals surface area contributed by atoms with Crippen molar-refractivity contribution in [1.29, 1.82) is 0 Å². The van der Waals surface area contributed by atoms with Crippen molar-refractivity contribution in [3.63, 3.8) is 0 Å². The molecule has 2 atom stereocenters. The molecule has 2 unspecified atom stereocenters. The molecule has 140 valence electrons.